The molecule has 3 aromatic heterocycles. The molecule has 0 amide bonds. The second kappa shape index (κ2) is 14.5. The average Bonchev–Trinajstić information content (AvgIpc) is 4.01. The maximum atomic E-state index is 2.54. The Labute approximate surface area is 372 Å². The van der Waals surface area contributed by atoms with Crippen LogP contribution in [-0.4, -0.2) is 21.8 Å². The van der Waals surface area contributed by atoms with E-state index in [1.54, 1.807) is 0 Å². The predicted octanol–water partition coefficient (Wildman–Crippen LogP) is 12.4. The Balaban J connectivity index is 1.18. The Morgan fingerprint density at radius 1 is 0.234 bits per heavy atom. The predicted molar refractivity (Wildman–Crippen MR) is 273 cm³/mol. The van der Waals surface area contributed by atoms with Crippen LogP contribution in [0, 0.1) is 0 Å². The second-order valence-electron chi connectivity index (χ2n) is 16.9. The molecule has 13 aromatic rings. The molecule has 0 unspecified atom stereocenters. The lowest BCUT2D eigenvalue weighted by atomic mass is 10.1. The highest BCUT2D eigenvalue weighted by Crippen LogP contribution is 2.42. The van der Waals surface area contributed by atoms with E-state index in [4.69, 9.17) is 0 Å². The van der Waals surface area contributed by atoms with E-state index in [1.165, 1.54) is 86.2 Å². The van der Waals surface area contributed by atoms with Crippen LogP contribution in [-0.2, 0) is 0 Å². The van der Waals surface area contributed by atoms with Crippen LogP contribution >= 0.6 is 0 Å². The number of rotatable bonds is 7. The molecule has 13 rings (SSSR count). The summed E-state index contributed by atoms with van der Waals surface area (Å²) in [4.78, 5) is 0. The van der Waals surface area contributed by atoms with Gasteiger partial charge in [-0.05, 0) is 75.3 Å². The van der Waals surface area contributed by atoms with E-state index in [2.05, 4.69) is 262 Å². The van der Waals surface area contributed by atoms with Crippen molar-refractivity contribution in [2.75, 3.05) is 0 Å². The lowest BCUT2D eigenvalue weighted by molar-refractivity contribution is 1.11. The van der Waals surface area contributed by atoms with Gasteiger partial charge in [-0.1, -0.05) is 194 Å². The van der Waals surface area contributed by atoms with Gasteiger partial charge in [0, 0.05) is 43.7 Å². The molecule has 3 nitrogen and oxygen atoms in total. The van der Waals surface area contributed by atoms with E-state index in [9.17, 15) is 0 Å². The topological polar surface area (TPSA) is 14.8 Å². The molecule has 0 radical (unpaired) electrons. The normalized spacial score (nSPS) is 12.1. The summed E-state index contributed by atoms with van der Waals surface area (Å²) in [5.74, 6) is 0. The van der Waals surface area contributed by atoms with E-state index in [1.807, 2.05) is 0 Å². The van der Waals surface area contributed by atoms with Gasteiger partial charge in [-0.2, -0.15) is 0 Å². The van der Waals surface area contributed by atoms with Crippen molar-refractivity contribution in [1.82, 2.24) is 13.7 Å². The Morgan fingerprint density at radius 3 is 1.05 bits per heavy atom. The van der Waals surface area contributed by atoms with E-state index in [0.717, 1.165) is 17.1 Å². The molecule has 0 spiro atoms. The first-order valence-corrected chi connectivity index (χ1v) is 24.1. The van der Waals surface area contributed by atoms with Crippen LogP contribution in [0.2, 0.25) is 0 Å². The second-order valence-corrected chi connectivity index (χ2v) is 20.7. The van der Waals surface area contributed by atoms with Gasteiger partial charge in [0.1, 0.15) is 0 Å². The van der Waals surface area contributed by atoms with Crippen LogP contribution in [0.3, 0.4) is 0 Å². The summed E-state index contributed by atoms with van der Waals surface area (Å²) >= 11 is 0. The molecule has 3 heterocycles. The molecule has 64 heavy (non-hydrogen) atoms. The number of benzene rings is 10. The molecule has 0 saturated heterocycles. The monoisotopic (exact) mass is 831 g/mol. The first kappa shape index (κ1) is 36.5. The van der Waals surface area contributed by atoms with Gasteiger partial charge in [-0.15, -0.1) is 0 Å². The number of hydrogen-bond acceptors (Lipinski definition) is 0. The van der Waals surface area contributed by atoms with Gasteiger partial charge >= 0.3 is 0 Å². The molecule has 0 fully saturated rings. The molecule has 300 valence electrons. The lowest BCUT2D eigenvalue weighted by Crippen LogP contribution is -2.74. The minimum Gasteiger partial charge on any atom is -0.309 e. The molecular weight excluding hydrogens is 791 g/mol. The molecule has 0 atom stereocenters. The molecule has 0 saturated carbocycles. The van der Waals surface area contributed by atoms with Crippen molar-refractivity contribution in [3.05, 3.63) is 249 Å². The summed E-state index contributed by atoms with van der Waals surface area (Å²) in [6.07, 6.45) is 0. The maximum Gasteiger partial charge on any atom is 0.179 e. The van der Waals surface area contributed by atoms with Gasteiger partial charge in [0.2, 0.25) is 0 Å². The van der Waals surface area contributed by atoms with Crippen LogP contribution < -0.4 is 20.7 Å². The molecule has 0 aliphatic heterocycles. The zero-order valence-electron chi connectivity index (χ0n) is 35.0. The van der Waals surface area contributed by atoms with Crippen LogP contribution in [0.5, 0.6) is 0 Å². The fraction of sp³-hybridized carbons (Fsp3) is 0. The maximum absolute atomic E-state index is 2.84. The Bertz CT molecular complexity index is 3690. The summed E-state index contributed by atoms with van der Waals surface area (Å²) in [6, 6.07) is 92.4. The smallest absolute Gasteiger partial charge is 0.179 e. The number of hydrogen-bond donors (Lipinski definition) is 0. The van der Waals surface area contributed by atoms with E-state index < -0.39 is 8.07 Å². The van der Waals surface area contributed by atoms with Gasteiger partial charge in [0.25, 0.3) is 0 Å². The molecule has 0 bridgehead atoms. The Kier molecular flexibility index (Phi) is 8.23. The third-order valence-electron chi connectivity index (χ3n) is 13.6. The van der Waals surface area contributed by atoms with Crippen molar-refractivity contribution in [2.24, 2.45) is 0 Å². The van der Waals surface area contributed by atoms with Crippen LogP contribution in [0.25, 0.3) is 82.5 Å². The third kappa shape index (κ3) is 5.27. The van der Waals surface area contributed by atoms with Gasteiger partial charge in [0.15, 0.2) is 8.07 Å². The first-order valence-electron chi connectivity index (χ1n) is 22.1. The highest BCUT2D eigenvalue weighted by molar-refractivity contribution is 7.19. The summed E-state index contributed by atoms with van der Waals surface area (Å²) < 4.78 is 7.52. The van der Waals surface area contributed by atoms with Crippen molar-refractivity contribution in [3.8, 4) is 17.1 Å². The van der Waals surface area contributed by atoms with Gasteiger partial charge < -0.3 is 13.7 Å². The molecular formula is C60H41N3Si. The molecule has 10 aromatic carbocycles. The van der Waals surface area contributed by atoms with E-state index >= 15 is 0 Å². The fourth-order valence-electron chi connectivity index (χ4n) is 11.0. The van der Waals surface area contributed by atoms with E-state index in [-0.39, 0.29) is 0 Å². The van der Waals surface area contributed by atoms with Crippen LogP contribution in [0.15, 0.2) is 249 Å². The van der Waals surface area contributed by atoms with Gasteiger partial charge in [-0.25, -0.2) is 0 Å². The van der Waals surface area contributed by atoms with E-state index in [0.29, 0.717) is 0 Å². The van der Waals surface area contributed by atoms with Crippen molar-refractivity contribution < 1.29 is 0 Å². The van der Waals surface area contributed by atoms with Crippen LogP contribution in [0.4, 0.5) is 0 Å². The Hall–Kier alpha value is -8.18. The lowest BCUT2D eigenvalue weighted by Gasteiger charge is -2.34. The van der Waals surface area contributed by atoms with Crippen LogP contribution in [0.1, 0.15) is 0 Å². The zero-order chi connectivity index (χ0) is 42.2. The summed E-state index contributed by atoms with van der Waals surface area (Å²) in [7, 11) is -2.84. The highest BCUT2D eigenvalue weighted by Gasteiger charge is 2.41. The number of fused-ring (bicyclic) bond motifs is 9. The van der Waals surface area contributed by atoms with Gasteiger partial charge in [-0.3, -0.25) is 0 Å². The summed E-state index contributed by atoms with van der Waals surface area (Å²) in [5, 5.41) is 12.8. The average molecular weight is 832 g/mol. The number of nitrogens with zero attached hydrogens (tertiary/aromatic N) is 3. The molecule has 4 heteroatoms. The molecule has 0 N–H and O–H groups in total. The first-order chi connectivity index (χ1) is 31.8. The summed E-state index contributed by atoms with van der Waals surface area (Å²) in [5.41, 5.74) is 10.5. The van der Waals surface area contributed by atoms with Crippen molar-refractivity contribution in [2.45, 2.75) is 0 Å². The SMILES string of the molecule is c1ccc([Si](c2ccccc2)(c2ccccc2)c2cccc(-n3c4ccccc4c4cc(-n5c6ccccc6c6ccccc65)cc(-n5c6ccccc6c6ccccc65)c43)c2)cc1. The largest absolute Gasteiger partial charge is 0.309 e. The molecule has 0 aliphatic carbocycles. The minimum absolute atomic E-state index is 1.13. The Morgan fingerprint density at radius 2 is 0.594 bits per heavy atom. The molecule has 0 aliphatic rings. The number of aromatic nitrogens is 3. The van der Waals surface area contributed by atoms with Crippen molar-refractivity contribution in [1.29, 1.82) is 0 Å². The fourth-order valence-corrected chi connectivity index (χ4v) is 15.7. The highest BCUT2D eigenvalue weighted by atomic mass is 28.3. The zero-order valence-corrected chi connectivity index (χ0v) is 36.0. The minimum atomic E-state index is -2.84. The quantitative estimate of drug-likeness (QED) is 0.112. The third-order valence-corrected chi connectivity index (χ3v) is 18.3. The van der Waals surface area contributed by atoms with Crippen molar-refractivity contribution >= 4 is 94.2 Å². The van der Waals surface area contributed by atoms with Crippen molar-refractivity contribution in [3.63, 3.8) is 0 Å². The number of para-hydroxylation sites is 5. The van der Waals surface area contributed by atoms with Gasteiger partial charge in [0.05, 0.1) is 38.8 Å². The standard InChI is InChI=1S/C60H41N3Si/c1-4-22-44(23-5-1)64(45-24-6-2-7-25-45,46-26-8-3-9-27-46)47-28-20-21-42(39-47)62-56-36-17-14-33-52(56)53-40-43(61-54-34-15-10-29-48(54)49-30-11-16-35-55(49)61)41-59(60(53)62)63-57-37-18-12-31-50(57)51-32-13-19-38-58(51)63/h1-41H. The summed E-state index contributed by atoms with van der Waals surface area (Å²) in [6.45, 7) is 0.